The molecular formula is C19H22ClN3O2. The zero-order valence-electron chi connectivity index (χ0n) is 14.4. The Morgan fingerprint density at radius 1 is 1.20 bits per heavy atom. The van der Waals surface area contributed by atoms with Crippen LogP contribution >= 0.6 is 11.6 Å². The van der Waals surface area contributed by atoms with Gasteiger partial charge in [-0.15, -0.1) is 0 Å². The van der Waals surface area contributed by atoms with Crippen LogP contribution in [0.5, 0.6) is 0 Å². The van der Waals surface area contributed by atoms with Crippen LogP contribution in [0.3, 0.4) is 0 Å². The van der Waals surface area contributed by atoms with E-state index in [2.05, 4.69) is 15.6 Å². The molecule has 0 saturated heterocycles. The topological polar surface area (TPSA) is 71.1 Å². The first-order valence-electron chi connectivity index (χ1n) is 8.29. The molecule has 0 bridgehead atoms. The van der Waals surface area contributed by atoms with E-state index in [-0.39, 0.29) is 23.6 Å². The Morgan fingerprint density at radius 3 is 2.72 bits per heavy atom. The number of hydrogen-bond acceptors (Lipinski definition) is 3. The first-order chi connectivity index (χ1) is 12.0. The molecule has 5 nitrogen and oxygen atoms in total. The van der Waals surface area contributed by atoms with Crippen molar-refractivity contribution in [1.82, 2.24) is 15.6 Å². The molecule has 25 heavy (non-hydrogen) atoms. The van der Waals surface area contributed by atoms with Gasteiger partial charge in [0, 0.05) is 29.4 Å². The zero-order valence-corrected chi connectivity index (χ0v) is 15.1. The van der Waals surface area contributed by atoms with Crippen LogP contribution < -0.4 is 10.6 Å². The summed E-state index contributed by atoms with van der Waals surface area (Å²) in [6, 6.07) is 10.7. The zero-order chi connectivity index (χ0) is 18.2. The predicted octanol–water partition coefficient (Wildman–Crippen LogP) is 3.24. The summed E-state index contributed by atoms with van der Waals surface area (Å²) in [7, 11) is 0. The molecule has 0 radical (unpaired) electrons. The van der Waals surface area contributed by atoms with Gasteiger partial charge in [0.2, 0.25) is 0 Å². The number of carbonyl (C=O) groups is 2. The molecule has 6 heteroatoms. The number of nitrogens with one attached hydrogen (secondary N) is 2. The maximum Gasteiger partial charge on any atom is 0.270 e. The van der Waals surface area contributed by atoms with Gasteiger partial charge < -0.3 is 10.6 Å². The van der Waals surface area contributed by atoms with Crippen LogP contribution in [0.25, 0.3) is 0 Å². The van der Waals surface area contributed by atoms with Crippen molar-refractivity contribution >= 4 is 23.4 Å². The lowest BCUT2D eigenvalue weighted by Gasteiger charge is -2.11. The number of nitrogens with zero attached hydrogens (tertiary/aromatic N) is 1. The summed E-state index contributed by atoms with van der Waals surface area (Å²) in [5.41, 5.74) is 1.70. The van der Waals surface area contributed by atoms with Gasteiger partial charge in [0.25, 0.3) is 11.8 Å². The second-order valence-electron chi connectivity index (χ2n) is 5.85. The van der Waals surface area contributed by atoms with Crippen LogP contribution in [-0.2, 0) is 6.42 Å². The summed E-state index contributed by atoms with van der Waals surface area (Å²) >= 11 is 5.94. The van der Waals surface area contributed by atoms with Crippen molar-refractivity contribution in [3.05, 3.63) is 64.4 Å². The molecule has 0 aliphatic heterocycles. The molecule has 0 fully saturated rings. The first kappa shape index (κ1) is 18.9. The molecule has 1 unspecified atom stereocenters. The van der Waals surface area contributed by atoms with Crippen molar-refractivity contribution in [2.75, 3.05) is 6.54 Å². The normalized spacial score (nSPS) is 11.6. The van der Waals surface area contributed by atoms with E-state index >= 15 is 0 Å². The highest BCUT2D eigenvalue weighted by atomic mass is 35.5. The number of pyridine rings is 1. The molecule has 0 aliphatic carbocycles. The van der Waals surface area contributed by atoms with Crippen molar-refractivity contribution in [3.63, 3.8) is 0 Å². The smallest absolute Gasteiger partial charge is 0.270 e. The van der Waals surface area contributed by atoms with Crippen LogP contribution in [-0.4, -0.2) is 29.4 Å². The number of amides is 2. The third kappa shape index (κ3) is 5.87. The van der Waals surface area contributed by atoms with Gasteiger partial charge in [-0.1, -0.05) is 30.7 Å². The Kier molecular flexibility index (Phi) is 6.95. The van der Waals surface area contributed by atoms with Gasteiger partial charge in [0.15, 0.2) is 0 Å². The van der Waals surface area contributed by atoms with Gasteiger partial charge in [0.1, 0.15) is 5.69 Å². The van der Waals surface area contributed by atoms with Crippen molar-refractivity contribution < 1.29 is 9.59 Å². The van der Waals surface area contributed by atoms with Gasteiger partial charge in [-0.3, -0.25) is 14.6 Å². The van der Waals surface area contributed by atoms with Gasteiger partial charge >= 0.3 is 0 Å². The van der Waals surface area contributed by atoms with Crippen LogP contribution in [0.15, 0.2) is 42.6 Å². The summed E-state index contributed by atoms with van der Waals surface area (Å²) in [5, 5.41) is 6.36. The lowest BCUT2D eigenvalue weighted by Crippen LogP contribution is -2.33. The Hall–Kier alpha value is -2.40. The van der Waals surface area contributed by atoms with E-state index in [1.54, 1.807) is 6.07 Å². The Labute approximate surface area is 152 Å². The van der Waals surface area contributed by atoms with E-state index in [0.717, 1.165) is 12.0 Å². The summed E-state index contributed by atoms with van der Waals surface area (Å²) in [5.74, 6) is -0.509. The molecule has 0 spiro atoms. The molecule has 1 heterocycles. The van der Waals surface area contributed by atoms with Crippen LogP contribution in [0, 0.1) is 0 Å². The maximum atomic E-state index is 12.3. The maximum absolute atomic E-state index is 12.3. The molecule has 1 aromatic heterocycles. The van der Waals surface area contributed by atoms with E-state index in [4.69, 9.17) is 11.6 Å². The minimum atomic E-state index is -0.275. The molecule has 132 valence electrons. The fourth-order valence-corrected chi connectivity index (χ4v) is 2.42. The van der Waals surface area contributed by atoms with E-state index < -0.39 is 0 Å². The highest BCUT2D eigenvalue weighted by Gasteiger charge is 2.13. The second-order valence-corrected chi connectivity index (χ2v) is 6.28. The molecule has 1 atom stereocenters. The number of rotatable bonds is 7. The van der Waals surface area contributed by atoms with Crippen molar-refractivity contribution in [2.45, 2.75) is 32.7 Å². The standard InChI is InChI=1S/C19H22ClN3O2/c1-3-13(2)23-19(25)17-12-15(8-10-21-17)18(24)22-9-7-14-5-4-6-16(20)11-14/h4-6,8,10-13H,3,7,9H2,1-2H3,(H,22,24)(H,23,25). The van der Waals surface area contributed by atoms with Crippen LogP contribution in [0.4, 0.5) is 0 Å². The van der Waals surface area contributed by atoms with E-state index in [1.807, 2.05) is 38.1 Å². The Morgan fingerprint density at radius 2 is 2.00 bits per heavy atom. The predicted molar refractivity (Wildman–Crippen MR) is 98.9 cm³/mol. The lowest BCUT2D eigenvalue weighted by atomic mass is 10.1. The number of halogens is 1. The quantitative estimate of drug-likeness (QED) is 0.797. The van der Waals surface area contributed by atoms with Crippen LogP contribution in [0.2, 0.25) is 5.02 Å². The molecule has 0 aliphatic rings. The molecule has 2 N–H and O–H groups in total. The number of hydrogen-bond donors (Lipinski definition) is 2. The van der Waals surface area contributed by atoms with Crippen molar-refractivity contribution in [1.29, 1.82) is 0 Å². The number of benzene rings is 1. The lowest BCUT2D eigenvalue weighted by molar-refractivity contribution is 0.0934. The summed E-state index contributed by atoms with van der Waals surface area (Å²) in [6.45, 7) is 4.39. The minimum absolute atomic E-state index is 0.0597. The largest absolute Gasteiger partial charge is 0.352 e. The van der Waals surface area contributed by atoms with E-state index in [1.165, 1.54) is 12.3 Å². The summed E-state index contributed by atoms with van der Waals surface area (Å²) in [6.07, 6.45) is 2.98. The average Bonchev–Trinajstić information content (AvgIpc) is 2.61. The summed E-state index contributed by atoms with van der Waals surface area (Å²) < 4.78 is 0. The minimum Gasteiger partial charge on any atom is -0.352 e. The molecule has 1 aromatic carbocycles. The van der Waals surface area contributed by atoms with Gasteiger partial charge in [-0.2, -0.15) is 0 Å². The fourth-order valence-electron chi connectivity index (χ4n) is 2.21. The SMILES string of the molecule is CCC(C)NC(=O)c1cc(C(=O)NCCc2cccc(Cl)c2)ccn1. The highest BCUT2D eigenvalue weighted by Crippen LogP contribution is 2.11. The highest BCUT2D eigenvalue weighted by molar-refractivity contribution is 6.30. The number of carbonyl (C=O) groups excluding carboxylic acids is 2. The molecule has 2 amide bonds. The van der Waals surface area contributed by atoms with E-state index in [0.29, 0.717) is 23.6 Å². The molecule has 2 rings (SSSR count). The number of aromatic nitrogens is 1. The Bertz CT molecular complexity index is 749. The van der Waals surface area contributed by atoms with Crippen molar-refractivity contribution in [2.24, 2.45) is 0 Å². The average molecular weight is 360 g/mol. The second kappa shape index (κ2) is 9.18. The van der Waals surface area contributed by atoms with Gasteiger partial charge in [0.05, 0.1) is 0 Å². The van der Waals surface area contributed by atoms with E-state index in [9.17, 15) is 9.59 Å². The van der Waals surface area contributed by atoms with Gasteiger partial charge in [-0.25, -0.2) is 0 Å². The third-order valence-corrected chi connectivity index (χ3v) is 4.07. The Balaban J connectivity index is 1.93. The first-order valence-corrected chi connectivity index (χ1v) is 8.67. The van der Waals surface area contributed by atoms with Crippen LogP contribution in [0.1, 0.15) is 46.7 Å². The third-order valence-electron chi connectivity index (χ3n) is 3.83. The molecular weight excluding hydrogens is 338 g/mol. The monoisotopic (exact) mass is 359 g/mol. The fraction of sp³-hybridized carbons (Fsp3) is 0.316. The summed E-state index contributed by atoms with van der Waals surface area (Å²) in [4.78, 5) is 28.4. The van der Waals surface area contributed by atoms with Gasteiger partial charge in [-0.05, 0) is 49.6 Å². The van der Waals surface area contributed by atoms with Crippen molar-refractivity contribution in [3.8, 4) is 0 Å². The molecule has 0 saturated carbocycles. The molecule has 2 aromatic rings.